The Morgan fingerprint density at radius 2 is 1.89 bits per heavy atom. The third-order valence-corrected chi connectivity index (χ3v) is 7.33. The fraction of sp³-hybridized carbons (Fsp3) is 0.345. The van der Waals surface area contributed by atoms with Gasteiger partial charge in [-0.05, 0) is 67.3 Å². The van der Waals surface area contributed by atoms with Crippen molar-refractivity contribution in [3.8, 4) is 5.75 Å². The molecule has 2 aliphatic heterocycles. The van der Waals surface area contributed by atoms with E-state index in [9.17, 15) is 10.2 Å². The number of benzene rings is 2. The first-order chi connectivity index (χ1) is 17.2. The zero-order chi connectivity index (χ0) is 25.5. The average molecular weight is 509 g/mol. The van der Waals surface area contributed by atoms with Gasteiger partial charge in [0.1, 0.15) is 12.4 Å². The summed E-state index contributed by atoms with van der Waals surface area (Å²) in [4.78, 5) is 6.56. The molecule has 3 atom stereocenters. The highest BCUT2D eigenvalue weighted by molar-refractivity contribution is 6.30. The molecule has 0 radical (unpaired) electrons. The molecule has 5 rings (SSSR count). The van der Waals surface area contributed by atoms with Crippen molar-refractivity contribution in [3.63, 3.8) is 0 Å². The standard InChI is InChI=1S/C29H30ClFN2O3/c1-28(2,35)20-9-12-26-24(15-20)22(23-5-3-13-32-25(23)17-36-26)6-4-14-33-16-27(33)29(31,18-34)19-7-10-21(30)11-8-19/h3,5-13,15,27,34-35H,4,14,16-18H2,1-2H3/b22-6+. The van der Waals surface area contributed by atoms with E-state index in [4.69, 9.17) is 16.3 Å². The minimum absolute atomic E-state index is 0.360. The maximum absolute atomic E-state index is 15.8. The van der Waals surface area contributed by atoms with Gasteiger partial charge in [0.05, 0.1) is 23.9 Å². The Bertz CT molecular complexity index is 1290. The fourth-order valence-corrected chi connectivity index (χ4v) is 5.03. The zero-order valence-electron chi connectivity index (χ0n) is 20.4. The van der Waals surface area contributed by atoms with Crippen molar-refractivity contribution in [1.29, 1.82) is 0 Å². The van der Waals surface area contributed by atoms with Gasteiger partial charge in [-0.1, -0.05) is 41.9 Å². The number of aliphatic hydroxyl groups is 2. The van der Waals surface area contributed by atoms with Gasteiger partial charge in [0.2, 0.25) is 0 Å². The van der Waals surface area contributed by atoms with Crippen LogP contribution in [0.5, 0.6) is 5.75 Å². The number of halogens is 2. The molecule has 3 heterocycles. The minimum atomic E-state index is -1.83. The van der Waals surface area contributed by atoms with E-state index < -0.39 is 17.9 Å². The van der Waals surface area contributed by atoms with Gasteiger partial charge in [0.25, 0.3) is 0 Å². The molecule has 1 fully saturated rings. The molecular formula is C29H30ClFN2O3. The van der Waals surface area contributed by atoms with Crippen LogP contribution in [0.25, 0.3) is 5.57 Å². The second-order valence-corrected chi connectivity index (χ2v) is 10.4. The average Bonchev–Trinajstić information content (AvgIpc) is 3.67. The van der Waals surface area contributed by atoms with Crippen molar-refractivity contribution in [2.45, 2.75) is 44.2 Å². The van der Waals surface area contributed by atoms with Crippen molar-refractivity contribution in [2.75, 3.05) is 19.7 Å². The maximum Gasteiger partial charge on any atom is 0.175 e. The highest BCUT2D eigenvalue weighted by atomic mass is 35.5. The minimum Gasteiger partial charge on any atom is -0.487 e. The Morgan fingerprint density at radius 1 is 1.14 bits per heavy atom. The van der Waals surface area contributed by atoms with Crippen LogP contribution in [0.15, 0.2) is 66.9 Å². The molecule has 3 aromatic rings. The van der Waals surface area contributed by atoms with Gasteiger partial charge < -0.3 is 14.9 Å². The number of nitrogens with zero attached hydrogens (tertiary/aromatic N) is 2. The Hall–Kier alpha value is -2.77. The molecule has 2 aromatic carbocycles. The smallest absolute Gasteiger partial charge is 0.175 e. The van der Waals surface area contributed by atoms with E-state index in [0.29, 0.717) is 36.7 Å². The molecular weight excluding hydrogens is 479 g/mol. The number of aromatic nitrogens is 1. The van der Waals surface area contributed by atoms with Gasteiger partial charge >= 0.3 is 0 Å². The predicted molar refractivity (Wildman–Crippen MR) is 139 cm³/mol. The maximum atomic E-state index is 15.8. The quantitative estimate of drug-likeness (QED) is 0.428. The summed E-state index contributed by atoms with van der Waals surface area (Å²) in [6.45, 7) is 4.51. The molecule has 2 N–H and O–H groups in total. The summed E-state index contributed by atoms with van der Waals surface area (Å²) in [5.74, 6) is 0.739. The summed E-state index contributed by atoms with van der Waals surface area (Å²) < 4.78 is 21.9. The molecule has 1 saturated heterocycles. The number of rotatable bonds is 7. The van der Waals surface area contributed by atoms with E-state index in [-0.39, 0.29) is 6.04 Å². The molecule has 7 heteroatoms. The van der Waals surface area contributed by atoms with Crippen LogP contribution in [0.1, 0.15) is 48.2 Å². The molecule has 3 unspecified atom stereocenters. The van der Waals surface area contributed by atoms with Crippen LogP contribution >= 0.6 is 11.6 Å². The Labute approximate surface area is 215 Å². The van der Waals surface area contributed by atoms with E-state index in [0.717, 1.165) is 33.7 Å². The number of alkyl halides is 1. The SMILES string of the molecule is CC(C)(O)c1ccc2c(c1)/C(=C/CCN1CC1C(F)(CO)c1ccc(Cl)cc1)c1cccnc1CO2. The molecule has 5 nitrogen and oxygen atoms in total. The number of pyridine rings is 1. The Morgan fingerprint density at radius 3 is 2.61 bits per heavy atom. The summed E-state index contributed by atoms with van der Waals surface area (Å²) in [7, 11) is 0. The van der Waals surface area contributed by atoms with E-state index in [1.807, 2.05) is 35.2 Å². The van der Waals surface area contributed by atoms with E-state index in [2.05, 4.69) is 11.1 Å². The van der Waals surface area contributed by atoms with Gasteiger partial charge in [-0.3, -0.25) is 9.88 Å². The molecule has 0 spiro atoms. The molecule has 0 saturated carbocycles. The second-order valence-electron chi connectivity index (χ2n) is 10.0. The van der Waals surface area contributed by atoms with Crippen LogP contribution in [0, 0.1) is 0 Å². The highest BCUT2D eigenvalue weighted by Gasteiger charge is 2.52. The lowest BCUT2D eigenvalue weighted by Gasteiger charge is -2.24. The molecule has 1 aromatic heterocycles. The molecule has 0 amide bonds. The van der Waals surface area contributed by atoms with Crippen LogP contribution in [-0.2, 0) is 17.9 Å². The normalized spacial score (nSPS) is 21.7. The molecule has 188 valence electrons. The van der Waals surface area contributed by atoms with Gasteiger partial charge in [-0.2, -0.15) is 0 Å². The number of hydrogen-bond donors (Lipinski definition) is 2. The van der Waals surface area contributed by atoms with Crippen LogP contribution in [0.3, 0.4) is 0 Å². The number of ether oxygens (including phenoxy) is 1. The Kier molecular flexibility index (Phi) is 6.64. The lowest BCUT2D eigenvalue weighted by molar-refractivity contribution is 0.0550. The summed E-state index contributed by atoms with van der Waals surface area (Å²) >= 11 is 5.96. The largest absolute Gasteiger partial charge is 0.487 e. The summed E-state index contributed by atoms with van der Waals surface area (Å²) in [6, 6.07) is 15.9. The third kappa shape index (κ3) is 4.78. The van der Waals surface area contributed by atoms with Crippen molar-refractivity contribution < 1.29 is 19.3 Å². The number of aliphatic hydroxyl groups excluding tert-OH is 1. The summed E-state index contributed by atoms with van der Waals surface area (Å²) in [5.41, 5.74) is 2.13. The third-order valence-electron chi connectivity index (χ3n) is 7.08. The van der Waals surface area contributed by atoms with Gasteiger partial charge in [0.15, 0.2) is 5.67 Å². The predicted octanol–water partition coefficient (Wildman–Crippen LogP) is 5.22. The van der Waals surface area contributed by atoms with E-state index >= 15 is 4.39 Å². The lowest BCUT2D eigenvalue weighted by atomic mass is 9.90. The first-order valence-corrected chi connectivity index (χ1v) is 12.5. The number of hydrogen-bond acceptors (Lipinski definition) is 5. The topological polar surface area (TPSA) is 65.6 Å². The molecule has 0 aliphatic carbocycles. The zero-order valence-corrected chi connectivity index (χ0v) is 21.2. The van der Waals surface area contributed by atoms with Gasteiger partial charge in [-0.15, -0.1) is 0 Å². The van der Waals surface area contributed by atoms with Crippen molar-refractivity contribution in [3.05, 3.63) is 99.8 Å². The fourth-order valence-electron chi connectivity index (χ4n) is 4.90. The van der Waals surface area contributed by atoms with Gasteiger partial charge in [0, 0.05) is 35.4 Å². The summed E-state index contributed by atoms with van der Waals surface area (Å²) in [6.07, 6.45) is 4.57. The van der Waals surface area contributed by atoms with Crippen LogP contribution < -0.4 is 4.74 Å². The second kappa shape index (κ2) is 9.60. The van der Waals surface area contributed by atoms with Crippen molar-refractivity contribution in [2.24, 2.45) is 0 Å². The monoisotopic (exact) mass is 508 g/mol. The first-order valence-electron chi connectivity index (χ1n) is 12.1. The molecule has 36 heavy (non-hydrogen) atoms. The van der Waals surface area contributed by atoms with Crippen LogP contribution in [0.2, 0.25) is 5.02 Å². The number of fused-ring (bicyclic) bond motifs is 2. The van der Waals surface area contributed by atoms with Crippen molar-refractivity contribution >= 4 is 17.2 Å². The van der Waals surface area contributed by atoms with Crippen LogP contribution in [-0.4, -0.2) is 45.8 Å². The first kappa shape index (κ1) is 24.9. The van der Waals surface area contributed by atoms with E-state index in [1.165, 1.54) is 0 Å². The summed E-state index contributed by atoms with van der Waals surface area (Å²) in [5, 5.41) is 21.0. The van der Waals surface area contributed by atoms with Crippen LogP contribution in [0.4, 0.5) is 4.39 Å². The lowest BCUT2D eigenvalue weighted by Crippen LogP contribution is -2.34. The van der Waals surface area contributed by atoms with E-state index in [1.54, 1.807) is 44.3 Å². The highest BCUT2D eigenvalue weighted by Crippen LogP contribution is 2.42. The molecule has 2 aliphatic rings. The van der Waals surface area contributed by atoms with Gasteiger partial charge in [-0.25, -0.2) is 4.39 Å². The Balaban J connectivity index is 1.40. The molecule has 0 bridgehead atoms. The van der Waals surface area contributed by atoms with Crippen molar-refractivity contribution in [1.82, 2.24) is 9.88 Å².